The van der Waals surface area contributed by atoms with Gasteiger partial charge < -0.3 is 14.8 Å². The maximum Gasteiger partial charge on any atom is 0.326 e. The van der Waals surface area contributed by atoms with Crippen molar-refractivity contribution in [2.75, 3.05) is 0 Å². The predicted octanol–water partition coefficient (Wildman–Crippen LogP) is 1.92. The van der Waals surface area contributed by atoms with Gasteiger partial charge in [-0.25, -0.2) is 4.79 Å². The normalized spacial score (nSPS) is 12.1. The molecule has 5 nitrogen and oxygen atoms in total. The van der Waals surface area contributed by atoms with Crippen molar-refractivity contribution in [3.05, 3.63) is 23.1 Å². The number of furan rings is 1. The molecule has 0 aliphatic carbocycles. The summed E-state index contributed by atoms with van der Waals surface area (Å²) in [5, 5.41) is 11.2. The largest absolute Gasteiger partial charge is 0.480 e. The molecule has 0 aliphatic heterocycles. The Hall–Kier alpha value is -1.49. The second kappa shape index (κ2) is 5.55. The van der Waals surface area contributed by atoms with E-state index in [1.807, 2.05) is 6.92 Å². The van der Waals surface area contributed by atoms with E-state index >= 15 is 0 Å². The Balaban J connectivity index is 2.69. The highest BCUT2D eigenvalue weighted by atomic mass is 35.5. The summed E-state index contributed by atoms with van der Waals surface area (Å²) >= 11 is 5.60. The Morgan fingerprint density at radius 2 is 2.31 bits per heavy atom. The number of hydrogen-bond donors (Lipinski definition) is 2. The number of rotatable bonds is 5. The Labute approximate surface area is 97.4 Å². The molecule has 0 saturated carbocycles. The van der Waals surface area contributed by atoms with E-state index in [1.54, 1.807) is 0 Å². The lowest BCUT2D eigenvalue weighted by atomic mass is 10.1. The van der Waals surface area contributed by atoms with Gasteiger partial charge in [0.15, 0.2) is 0 Å². The van der Waals surface area contributed by atoms with Crippen LogP contribution in [0.4, 0.5) is 0 Å². The van der Waals surface area contributed by atoms with Crippen LogP contribution in [0.1, 0.15) is 30.1 Å². The van der Waals surface area contributed by atoms with Gasteiger partial charge in [0.05, 0.1) is 11.8 Å². The summed E-state index contributed by atoms with van der Waals surface area (Å²) in [5.74, 6) is -1.60. The standard InChI is InChI=1S/C10H12ClNO4/c1-2-3-7(10(14)15)12-9(13)6-4-5-16-8(6)11/h4-5,7H,2-3H2,1H3,(H,12,13)(H,14,15)/t7-/m1/s1. The minimum absolute atomic E-state index is 0.0434. The van der Waals surface area contributed by atoms with Gasteiger partial charge in [0.25, 0.3) is 5.91 Å². The van der Waals surface area contributed by atoms with Crippen LogP contribution in [0.2, 0.25) is 5.22 Å². The summed E-state index contributed by atoms with van der Waals surface area (Å²) in [6.07, 6.45) is 2.31. The summed E-state index contributed by atoms with van der Waals surface area (Å²) in [4.78, 5) is 22.4. The molecule has 0 spiro atoms. The number of aliphatic carboxylic acids is 1. The van der Waals surface area contributed by atoms with E-state index in [4.69, 9.17) is 21.1 Å². The Kier molecular flexibility index (Phi) is 4.37. The van der Waals surface area contributed by atoms with Crippen LogP contribution >= 0.6 is 11.6 Å². The minimum atomic E-state index is -1.06. The molecule has 1 rings (SSSR count). The maximum absolute atomic E-state index is 11.6. The smallest absolute Gasteiger partial charge is 0.326 e. The third-order valence-corrected chi connectivity index (χ3v) is 2.34. The van der Waals surface area contributed by atoms with E-state index in [1.165, 1.54) is 12.3 Å². The number of carbonyl (C=O) groups excluding carboxylic acids is 1. The summed E-state index contributed by atoms with van der Waals surface area (Å²) in [6, 6.07) is 0.492. The molecule has 6 heteroatoms. The number of carbonyl (C=O) groups is 2. The molecule has 2 N–H and O–H groups in total. The molecule has 0 unspecified atom stereocenters. The van der Waals surface area contributed by atoms with E-state index in [9.17, 15) is 9.59 Å². The highest BCUT2D eigenvalue weighted by Gasteiger charge is 2.21. The third-order valence-electron chi connectivity index (χ3n) is 2.04. The van der Waals surface area contributed by atoms with Crippen molar-refractivity contribution < 1.29 is 19.1 Å². The van der Waals surface area contributed by atoms with Crippen molar-refractivity contribution in [3.8, 4) is 0 Å². The average molecular weight is 246 g/mol. The number of carboxylic acid groups (broad SMARTS) is 1. The average Bonchev–Trinajstić information content (AvgIpc) is 2.63. The molecule has 1 atom stereocenters. The molecule has 0 bridgehead atoms. The van der Waals surface area contributed by atoms with E-state index in [0.717, 1.165) is 0 Å². The molecular formula is C10H12ClNO4. The molecule has 0 radical (unpaired) electrons. The molecule has 88 valence electrons. The van der Waals surface area contributed by atoms with Crippen molar-refractivity contribution in [2.45, 2.75) is 25.8 Å². The van der Waals surface area contributed by atoms with Gasteiger partial charge >= 0.3 is 5.97 Å². The van der Waals surface area contributed by atoms with E-state index < -0.39 is 17.9 Å². The SMILES string of the molecule is CCC[C@@H](NC(=O)c1ccoc1Cl)C(=O)O. The fourth-order valence-corrected chi connectivity index (χ4v) is 1.44. The maximum atomic E-state index is 11.6. The predicted molar refractivity (Wildman–Crippen MR) is 57.5 cm³/mol. The van der Waals surface area contributed by atoms with Crippen LogP contribution in [0.15, 0.2) is 16.7 Å². The van der Waals surface area contributed by atoms with Crippen molar-refractivity contribution in [1.29, 1.82) is 0 Å². The van der Waals surface area contributed by atoms with E-state index in [-0.39, 0.29) is 10.8 Å². The topological polar surface area (TPSA) is 79.5 Å². The number of halogens is 1. The second-order valence-electron chi connectivity index (χ2n) is 3.26. The highest BCUT2D eigenvalue weighted by molar-refractivity contribution is 6.32. The Morgan fingerprint density at radius 1 is 1.62 bits per heavy atom. The van der Waals surface area contributed by atoms with Crippen molar-refractivity contribution in [2.24, 2.45) is 0 Å². The Bertz CT molecular complexity index is 388. The van der Waals surface area contributed by atoms with Gasteiger partial charge in [0.1, 0.15) is 6.04 Å². The van der Waals surface area contributed by atoms with Gasteiger partial charge in [-0.05, 0) is 24.1 Å². The molecule has 16 heavy (non-hydrogen) atoms. The van der Waals surface area contributed by atoms with Gasteiger partial charge in [-0.15, -0.1) is 0 Å². The lowest BCUT2D eigenvalue weighted by molar-refractivity contribution is -0.139. The molecule has 1 heterocycles. The highest BCUT2D eigenvalue weighted by Crippen LogP contribution is 2.16. The van der Waals surface area contributed by atoms with Crippen LogP contribution in [0.5, 0.6) is 0 Å². The monoisotopic (exact) mass is 245 g/mol. The summed E-state index contributed by atoms with van der Waals surface area (Å²) in [7, 11) is 0. The van der Waals surface area contributed by atoms with Gasteiger partial charge in [0, 0.05) is 0 Å². The quantitative estimate of drug-likeness (QED) is 0.831. The van der Waals surface area contributed by atoms with Crippen LogP contribution in [0, 0.1) is 0 Å². The summed E-state index contributed by atoms with van der Waals surface area (Å²) < 4.78 is 4.74. The zero-order chi connectivity index (χ0) is 12.1. The van der Waals surface area contributed by atoms with Crippen LogP contribution in [-0.4, -0.2) is 23.0 Å². The molecule has 1 aromatic rings. The fraction of sp³-hybridized carbons (Fsp3) is 0.400. The second-order valence-corrected chi connectivity index (χ2v) is 3.60. The molecule has 0 aliphatic rings. The molecular weight excluding hydrogens is 234 g/mol. The van der Waals surface area contributed by atoms with Crippen molar-refractivity contribution >= 4 is 23.5 Å². The van der Waals surface area contributed by atoms with Crippen molar-refractivity contribution in [1.82, 2.24) is 5.32 Å². The lowest BCUT2D eigenvalue weighted by Crippen LogP contribution is -2.40. The first kappa shape index (κ1) is 12.6. The number of nitrogens with one attached hydrogen (secondary N) is 1. The zero-order valence-electron chi connectivity index (χ0n) is 8.70. The molecule has 0 saturated heterocycles. The minimum Gasteiger partial charge on any atom is -0.480 e. The van der Waals surface area contributed by atoms with Gasteiger partial charge in [0.2, 0.25) is 5.22 Å². The van der Waals surface area contributed by atoms with Crippen LogP contribution < -0.4 is 5.32 Å². The first-order valence-electron chi connectivity index (χ1n) is 4.83. The van der Waals surface area contributed by atoms with E-state index in [2.05, 4.69) is 5.32 Å². The molecule has 0 fully saturated rings. The van der Waals surface area contributed by atoms with Crippen LogP contribution in [0.25, 0.3) is 0 Å². The number of amides is 1. The first-order valence-corrected chi connectivity index (χ1v) is 5.20. The molecule has 1 aromatic heterocycles. The fourth-order valence-electron chi connectivity index (χ4n) is 1.24. The molecule has 1 amide bonds. The zero-order valence-corrected chi connectivity index (χ0v) is 9.45. The summed E-state index contributed by atoms with van der Waals surface area (Å²) in [6.45, 7) is 1.84. The van der Waals surface area contributed by atoms with Crippen molar-refractivity contribution in [3.63, 3.8) is 0 Å². The van der Waals surface area contributed by atoms with Gasteiger partial charge in [-0.2, -0.15) is 0 Å². The third kappa shape index (κ3) is 3.00. The lowest BCUT2D eigenvalue weighted by Gasteiger charge is -2.12. The van der Waals surface area contributed by atoms with Crippen LogP contribution in [0.3, 0.4) is 0 Å². The van der Waals surface area contributed by atoms with Gasteiger partial charge in [-0.1, -0.05) is 13.3 Å². The van der Waals surface area contributed by atoms with Crippen LogP contribution in [-0.2, 0) is 4.79 Å². The number of carboxylic acids is 1. The van der Waals surface area contributed by atoms with Gasteiger partial charge in [-0.3, -0.25) is 4.79 Å². The first-order chi connectivity index (χ1) is 7.56. The van der Waals surface area contributed by atoms with E-state index in [0.29, 0.717) is 12.8 Å². The Morgan fingerprint density at radius 3 is 2.75 bits per heavy atom. The molecule has 0 aromatic carbocycles. The summed E-state index contributed by atoms with van der Waals surface area (Å²) in [5.41, 5.74) is 0.143. The number of hydrogen-bond acceptors (Lipinski definition) is 3.